The van der Waals surface area contributed by atoms with Crippen LogP contribution in [-0.4, -0.2) is 17.5 Å². The van der Waals surface area contributed by atoms with Gasteiger partial charge in [-0.1, -0.05) is 30.1 Å². The van der Waals surface area contributed by atoms with Crippen LogP contribution in [0.3, 0.4) is 0 Å². The van der Waals surface area contributed by atoms with Crippen LogP contribution in [0.15, 0.2) is 12.1 Å². The van der Waals surface area contributed by atoms with E-state index in [0.717, 1.165) is 0 Å². The van der Waals surface area contributed by atoms with Crippen LogP contribution in [0.25, 0.3) is 0 Å². The molecule has 7 heteroatoms. The highest BCUT2D eigenvalue weighted by Crippen LogP contribution is 2.27. The van der Waals surface area contributed by atoms with Gasteiger partial charge in [-0.2, -0.15) is 0 Å². The number of nitrogens with one attached hydrogen (secondary N) is 1. The van der Waals surface area contributed by atoms with Crippen LogP contribution in [0.2, 0.25) is 10.0 Å². The first-order valence-electron chi connectivity index (χ1n) is 6.67. The lowest BCUT2D eigenvalue weighted by molar-refractivity contribution is -0.156. The minimum absolute atomic E-state index is 0.0637. The molecule has 122 valence electrons. The van der Waals surface area contributed by atoms with Crippen molar-refractivity contribution in [1.29, 1.82) is 0 Å². The molecule has 0 saturated carbocycles. The summed E-state index contributed by atoms with van der Waals surface area (Å²) in [6.07, 6.45) is -0.0637. The number of halogens is 3. The van der Waals surface area contributed by atoms with E-state index in [4.69, 9.17) is 27.9 Å². The SMILES string of the molecule is C[C@@H](CC(=O)OC(C)(C)C)C(=O)Nc1cc(Cl)c(F)c(Cl)c1. The van der Waals surface area contributed by atoms with Crippen LogP contribution in [0.5, 0.6) is 0 Å². The second kappa shape index (κ2) is 7.29. The van der Waals surface area contributed by atoms with Gasteiger partial charge < -0.3 is 10.1 Å². The predicted molar refractivity (Wildman–Crippen MR) is 84.7 cm³/mol. The molecule has 0 aliphatic carbocycles. The van der Waals surface area contributed by atoms with Crippen molar-refractivity contribution in [3.8, 4) is 0 Å². The van der Waals surface area contributed by atoms with Crippen molar-refractivity contribution in [3.63, 3.8) is 0 Å². The monoisotopic (exact) mass is 349 g/mol. The normalized spacial score (nSPS) is 12.7. The van der Waals surface area contributed by atoms with E-state index in [2.05, 4.69) is 5.32 Å². The Labute approximate surface area is 138 Å². The quantitative estimate of drug-likeness (QED) is 0.645. The molecule has 0 aliphatic heterocycles. The lowest BCUT2D eigenvalue weighted by atomic mass is 10.1. The number of amides is 1. The smallest absolute Gasteiger partial charge is 0.307 e. The number of anilines is 1. The van der Waals surface area contributed by atoms with Crippen molar-refractivity contribution >= 4 is 40.8 Å². The molecule has 1 atom stereocenters. The number of carbonyl (C=O) groups is 2. The van der Waals surface area contributed by atoms with Crippen LogP contribution >= 0.6 is 23.2 Å². The molecule has 0 unspecified atom stereocenters. The maximum atomic E-state index is 13.3. The molecular formula is C15H18Cl2FNO3. The zero-order chi connectivity index (χ0) is 17.1. The topological polar surface area (TPSA) is 55.4 Å². The third-order valence-corrected chi connectivity index (χ3v) is 3.14. The molecule has 1 rings (SSSR count). The molecule has 0 aliphatic rings. The second-order valence-corrected chi connectivity index (χ2v) is 6.75. The van der Waals surface area contributed by atoms with Crippen LogP contribution in [-0.2, 0) is 14.3 Å². The summed E-state index contributed by atoms with van der Waals surface area (Å²) in [4.78, 5) is 23.7. The number of rotatable bonds is 4. The maximum Gasteiger partial charge on any atom is 0.307 e. The Morgan fingerprint density at radius 2 is 1.77 bits per heavy atom. The van der Waals surface area contributed by atoms with Gasteiger partial charge in [0.1, 0.15) is 5.60 Å². The highest BCUT2D eigenvalue weighted by Gasteiger charge is 2.22. The summed E-state index contributed by atoms with van der Waals surface area (Å²) in [5.74, 6) is -2.24. The first-order chi connectivity index (χ1) is 9.99. The van der Waals surface area contributed by atoms with Gasteiger partial charge >= 0.3 is 5.97 Å². The van der Waals surface area contributed by atoms with Crippen LogP contribution in [0, 0.1) is 11.7 Å². The van der Waals surface area contributed by atoms with Gasteiger partial charge in [0.05, 0.1) is 16.5 Å². The number of benzene rings is 1. The van der Waals surface area contributed by atoms with Crippen molar-refractivity contribution in [2.45, 2.75) is 39.7 Å². The highest BCUT2D eigenvalue weighted by atomic mass is 35.5. The van der Waals surface area contributed by atoms with Gasteiger partial charge in [-0.25, -0.2) is 4.39 Å². The summed E-state index contributed by atoms with van der Waals surface area (Å²) in [5, 5.41) is 2.15. The van der Waals surface area contributed by atoms with E-state index < -0.39 is 29.2 Å². The largest absolute Gasteiger partial charge is 0.460 e. The predicted octanol–water partition coefficient (Wildman–Crippen LogP) is 4.44. The molecule has 1 aromatic carbocycles. The van der Waals surface area contributed by atoms with Crippen molar-refractivity contribution in [3.05, 3.63) is 28.0 Å². The number of ether oxygens (including phenoxy) is 1. The second-order valence-electron chi connectivity index (χ2n) is 5.93. The van der Waals surface area contributed by atoms with Gasteiger partial charge in [-0.05, 0) is 32.9 Å². The fraction of sp³-hybridized carbons (Fsp3) is 0.467. The van der Waals surface area contributed by atoms with Crippen molar-refractivity contribution in [2.75, 3.05) is 5.32 Å². The Morgan fingerprint density at radius 3 is 2.23 bits per heavy atom. The Balaban J connectivity index is 2.67. The minimum atomic E-state index is -0.747. The summed E-state index contributed by atoms with van der Waals surface area (Å²) >= 11 is 11.3. The maximum absolute atomic E-state index is 13.3. The van der Waals surface area contributed by atoms with E-state index in [1.54, 1.807) is 27.7 Å². The molecule has 1 N–H and O–H groups in total. The Morgan fingerprint density at radius 1 is 1.27 bits per heavy atom. The number of hydrogen-bond acceptors (Lipinski definition) is 3. The molecule has 1 amide bonds. The van der Waals surface area contributed by atoms with Gasteiger partial charge in [-0.3, -0.25) is 9.59 Å². The first-order valence-corrected chi connectivity index (χ1v) is 7.42. The zero-order valence-electron chi connectivity index (χ0n) is 12.8. The van der Waals surface area contributed by atoms with Gasteiger partial charge in [0.25, 0.3) is 0 Å². The fourth-order valence-corrected chi connectivity index (χ4v) is 2.11. The van der Waals surface area contributed by atoms with Gasteiger partial charge in [-0.15, -0.1) is 0 Å². The third kappa shape index (κ3) is 5.81. The molecule has 22 heavy (non-hydrogen) atoms. The highest BCUT2D eigenvalue weighted by molar-refractivity contribution is 6.35. The van der Waals surface area contributed by atoms with Crippen LogP contribution < -0.4 is 5.32 Å². The molecule has 0 bridgehead atoms. The minimum Gasteiger partial charge on any atom is -0.460 e. The molecule has 0 saturated heterocycles. The molecular weight excluding hydrogens is 332 g/mol. The Bertz CT molecular complexity index is 562. The van der Waals surface area contributed by atoms with Crippen LogP contribution in [0.4, 0.5) is 10.1 Å². The average Bonchev–Trinajstić information content (AvgIpc) is 2.33. The Kier molecular flexibility index (Phi) is 6.20. The van der Waals surface area contributed by atoms with E-state index in [9.17, 15) is 14.0 Å². The van der Waals surface area contributed by atoms with E-state index in [1.165, 1.54) is 12.1 Å². The number of esters is 1. The third-order valence-electron chi connectivity index (χ3n) is 2.59. The lowest BCUT2D eigenvalue weighted by Gasteiger charge is -2.20. The van der Waals surface area contributed by atoms with E-state index in [1.807, 2.05) is 0 Å². The fourth-order valence-electron chi connectivity index (χ4n) is 1.62. The molecule has 0 heterocycles. The average molecular weight is 350 g/mol. The lowest BCUT2D eigenvalue weighted by Crippen LogP contribution is -2.28. The van der Waals surface area contributed by atoms with Crippen molar-refractivity contribution in [2.24, 2.45) is 5.92 Å². The summed E-state index contributed by atoms with van der Waals surface area (Å²) in [6.45, 7) is 6.83. The standard InChI is InChI=1S/C15H18Cl2FNO3/c1-8(5-12(20)22-15(2,3)4)14(21)19-9-6-10(16)13(18)11(17)7-9/h6-8H,5H2,1-4H3,(H,19,21)/t8-/m0/s1. The van der Waals surface area contributed by atoms with Gasteiger partial charge in [0.2, 0.25) is 5.91 Å². The van der Waals surface area contributed by atoms with Crippen molar-refractivity contribution < 1.29 is 18.7 Å². The van der Waals surface area contributed by atoms with E-state index >= 15 is 0 Å². The molecule has 0 aromatic heterocycles. The molecule has 4 nitrogen and oxygen atoms in total. The van der Waals surface area contributed by atoms with Gasteiger partial charge in [0, 0.05) is 11.6 Å². The molecule has 0 spiro atoms. The summed E-state index contributed by atoms with van der Waals surface area (Å²) < 4.78 is 18.5. The van der Waals surface area contributed by atoms with Gasteiger partial charge in [0.15, 0.2) is 5.82 Å². The molecule has 1 aromatic rings. The summed E-state index contributed by atoms with van der Waals surface area (Å²) in [7, 11) is 0. The zero-order valence-corrected chi connectivity index (χ0v) is 14.3. The number of hydrogen-bond donors (Lipinski definition) is 1. The van der Waals surface area contributed by atoms with Crippen molar-refractivity contribution in [1.82, 2.24) is 0 Å². The van der Waals surface area contributed by atoms with E-state index in [-0.39, 0.29) is 22.2 Å². The number of carbonyl (C=O) groups excluding carboxylic acids is 2. The van der Waals surface area contributed by atoms with Crippen LogP contribution in [0.1, 0.15) is 34.1 Å². The van der Waals surface area contributed by atoms with E-state index in [0.29, 0.717) is 0 Å². The first kappa shape index (κ1) is 18.7. The Hall–Kier alpha value is -1.33. The summed E-state index contributed by atoms with van der Waals surface area (Å²) in [6, 6.07) is 2.50. The molecule has 0 radical (unpaired) electrons. The summed E-state index contributed by atoms with van der Waals surface area (Å²) in [5.41, 5.74) is -0.344. The molecule has 0 fully saturated rings.